The summed E-state index contributed by atoms with van der Waals surface area (Å²) in [6.45, 7) is 4.14. The van der Waals surface area contributed by atoms with Crippen LogP contribution in [0.5, 0.6) is 0 Å². The van der Waals surface area contributed by atoms with Crippen molar-refractivity contribution in [1.29, 1.82) is 0 Å². The molecule has 0 bridgehead atoms. The summed E-state index contributed by atoms with van der Waals surface area (Å²) in [5, 5.41) is 17.7. The van der Waals surface area contributed by atoms with Crippen LogP contribution in [0.2, 0.25) is 0 Å². The summed E-state index contributed by atoms with van der Waals surface area (Å²) >= 11 is 0. The minimum absolute atomic E-state index is 0.189. The Labute approximate surface area is 152 Å². The van der Waals surface area contributed by atoms with Crippen LogP contribution < -0.4 is 0 Å². The molecule has 0 aliphatic rings. The van der Waals surface area contributed by atoms with Gasteiger partial charge in [0.05, 0.1) is 17.8 Å². The molecule has 26 heavy (non-hydrogen) atoms. The molecular formula is C20H22N4O2. The molecule has 6 nitrogen and oxygen atoms in total. The van der Waals surface area contributed by atoms with Crippen molar-refractivity contribution >= 4 is 23.1 Å². The molecule has 6 heteroatoms. The van der Waals surface area contributed by atoms with E-state index in [-0.39, 0.29) is 6.42 Å². The number of imidazole rings is 1. The number of carbonyl (C=O) groups is 1. The van der Waals surface area contributed by atoms with Crippen molar-refractivity contribution in [3.05, 3.63) is 59.4 Å². The highest BCUT2D eigenvalue weighted by Gasteiger charge is 2.15. The minimum Gasteiger partial charge on any atom is -0.481 e. The monoisotopic (exact) mass is 350 g/mol. The van der Waals surface area contributed by atoms with E-state index in [4.69, 9.17) is 5.11 Å². The largest absolute Gasteiger partial charge is 0.481 e. The van der Waals surface area contributed by atoms with Crippen molar-refractivity contribution < 1.29 is 9.90 Å². The molecule has 2 aromatic heterocycles. The number of aryl methyl sites for hydroxylation is 2. The highest BCUT2D eigenvalue weighted by atomic mass is 16.4. The fraction of sp³-hybridized carbons (Fsp3) is 0.300. The number of benzene rings is 1. The number of azo groups is 1. The number of carboxylic acids is 1. The van der Waals surface area contributed by atoms with Gasteiger partial charge in [0.25, 0.3) is 0 Å². The summed E-state index contributed by atoms with van der Waals surface area (Å²) in [4.78, 5) is 15.5. The zero-order valence-corrected chi connectivity index (χ0v) is 15.0. The molecule has 134 valence electrons. The molecular weight excluding hydrogens is 328 g/mol. The van der Waals surface area contributed by atoms with Gasteiger partial charge in [0, 0.05) is 6.20 Å². The van der Waals surface area contributed by atoms with Gasteiger partial charge in [0.15, 0.2) is 5.82 Å². The van der Waals surface area contributed by atoms with E-state index in [2.05, 4.69) is 34.3 Å². The maximum atomic E-state index is 11.1. The van der Waals surface area contributed by atoms with Crippen LogP contribution in [0.1, 0.15) is 36.6 Å². The van der Waals surface area contributed by atoms with E-state index in [1.165, 1.54) is 18.4 Å². The first-order valence-corrected chi connectivity index (χ1v) is 8.77. The maximum Gasteiger partial charge on any atom is 0.309 e. The van der Waals surface area contributed by atoms with Gasteiger partial charge in [-0.25, -0.2) is 4.98 Å². The fourth-order valence-corrected chi connectivity index (χ4v) is 2.77. The summed E-state index contributed by atoms with van der Waals surface area (Å²) in [5.41, 5.74) is 4.14. The van der Waals surface area contributed by atoms with Crippen LogP contribution in [0.4, 0.5) is 11.5 Å². The summed E-state index contributed by atoms with van der Waals surface area (Å²) < 4.78 is 1.77. The average molecular weight is 350 g/mol. The summed E-state index contributed by atoms with van der Waals surface area (Å²) in [6, 6.07) is 11.8. The van der Waals surface area contributed by atoms with Gasteiger partial charge in [-0.05, 0) is 55.2 Å². The minimum atomic E-state index is -0.943. The second-order valence-electron chi connectivity index (χ2n) is 6.35. The first-order chi connectivity index (χ1) is 12.6. The van der Waals surface area contributed by atoms with E-state index in [1.807, 2.05) is 37.4 Å². The topological polar surface area (TPSA) is 79.3 Å². The lowest BCUT2D eigenvalue weighted by atomic mass is 10.1. The number of aliphatic carboxylic acids is 1. The first kappa shape index (κ1) is 17.8. The van der Waals surface area contributed by atoms with Gasteiger partial charge in [-0.2, -0.15) is 0 Å². The Balaban J connectivity index is 1.91. The number of aromatic nitrogens is 2. The van der Waals surface area contributed by atoms with Gasteiger partial charge in [0.2, 0.25) is 0 Å². The normalized spacial score (nSPS) is 11.5. The van der Waals surface area contributed by atoms with Gasteiger partial charge in [-0.3, -0.25) is 9.20 Å². The molecule has 0 atom stereocenters. The highest BCUT2D eigenvalue weighted by Crippen LogP contribution is 2.25. The van der Waals surface area contributed by atoms with Gasteiger partial charge in [-0.15, -0.1) is 10.2 Å². The van der Waals surface area contributed by atoms with Crippen LogP contribution in [0.25, 0.3) is 5.65 Å². The number of hydrogen-bond donors (Lipinski definition) is 1. The third-order valence-electron chi connectivity index (χ3n) is 4.16. The Morgan fingerprint density at radius 3 is 2.65 bits per heavy atom. The highest BCUT2D eigenvalue weighted by molar-refractivity contribution is 5.72. The Bertz CT molecular complexity index is 942. The Hall–Kier alpha value is -3.02. The van der Waals surface area contributed by atoms with Crippen molar-refractivity contribution in [3.8, 4) is 0 Å². The van der Waals surface area contributed by atoms with Crippen LogP contribution in [0.3, 0.4) is 0 Å². The molecule has 0 saturated carbocycles. The van der Waals surface area contributed by atoms with Crippen molar-refractivity contribution in [2.45, 2.75) is 39.5 Å². The molecule has 0 radical (unpaired) electrons. The summed E-state index contributed by atoms with van der Waals surface area (Å²) in [5.74, 6) is -0.487. The number of hydrogen-bond acceptors (Lipinski definition) is 4. The van der Waals surface area contributed by atoms with E-state index in [0.29, 0.717) is 17.2 Å². The standard InChI is InChI=1S/C20H22N4O2/c1-3-4-5-15-6-8-16(9-7-15)22-23-20-17(13-19(25)26)21-18-12-14(2)10-11-24(18)20/h6-12H,3-5,13H2,1-2H3,(H,25,26). The van der Waals surface area contributed by atoms with E-state index in [1.54, 1.807) is 4.40 Å². The molecule has 1 N–H and O–H groups in total. The summed E-state index contributed by atoms with van der Waals surface area (Å²) in [7, 11) is 0. The maximum absolute atomic E-state index is 11.1. The van der Waals surface area contributed by atoms with Crippen LogP contribution in [-0.4, -0.2) is 20.5 Å². The van der Waals surface area contributed by atoms with Crippen molar-refractivity contribution in [2.24, 2.45) is 10.2 Å². The van der Waals surface area contributed by atoms with Gasteiger partial charge < -0.3 is 5.11 Å². The molecule has 0 spiro atoms. The lowest BCUT2D eigenvalue weighted by Crippen LogP contribution is -2.00. The van der Waals surface area contributed by atoms with E-state index >= 15 is 0 Å². The van der Waals surface area contributed by atoms with E-state index in [0.717, 1.165) is 17.7 Å². The zero-order chi connectivity index (χ0) is 18.5. The number of unbranched alkanes of at least 4 members (excludes halogenated alkanes) is 1. The smallest absolute Gasteiger partial charge is 0.309 e. The van der Waals surface area contributed by atoms with Gasteiger partial charge in [0.1, 0.15) is 5.65 Å². The number of nitrogens with zero attached hydrogens (tertiary/aromatic N) is 4. The predicted molar refractivity (Wildman–Crippen MR) is 100 cm³/mol. The van der Waals surface area contributed by atoms with E-state index < -0.39 is 5.97 Å². The Morgan fingerprint density at radius 2 is 1.96 bits per heavy atom. The van der Waals surface area contributed by atoms with Gasteiger partial charge in [-0.1, -0.05) is 25.5 Å². The van der Waals surface area contributed by atoms with Crippen LogP contribution in [0.15, 0.2) is 52.8 Å². The average Bonchev–Trinajstić information content (AvgIpc) is 2.94. The third-order valence-corrected chi connectivity index (χ3v) is 4.16. The molecule has 1 aromatic carbocycles. The van der Waals surface area contributed by atoms with Crippen molar-refractivity contribution in [1.82, 2.24) is 9.38 Å². The number of fused-ring (bicyclic) bond motifs is 1. The molecule has 2 heterocycles. The number of pyridine rings is 1. The lowest BCUT2D eigenvalue weighted by molar-refractivity contribution is -0.136. The van der Waals surface area contributed by atoms with Crippen LogP contribution in [-0.2, 0) is 17.6 Å². The fourth-order valence-electron chi connectivity index (χ4n) is 2.77. The zero-order valence-electron chi connectivity index (χ0n) is 15.0. The molecule has 3 aromatic rings. The van der Waals surface area contributed by atoms with Crippen LogP contribution in [0, 0.1) is 6.92 Å². The summed E-state index contributed by atoms with van der Waals surface area (Å²) in [6.07, 6.45) is 5.04. The predicted octanol–water partition coefficient (Wildman–Crippen LogP) is 5.03. The number of carboxylic acid groups (broad SMARTS) is 1. The molecule has 0 unspecified atom stereocenters. The quantitative estimate of drug-likeness (QED) is 0.607. The van der Waals surface area contributed by atoms with Crippen LogP contribution >= 0.6 is 0 Å². The first-order valence-electron chi connectivity index (χ1n) is 8.77. The van der Waals surface area contributed by atoms with Gasteiger partial charge >= 0.3 is 5.97 Å². The van der Waals surface area contributed by atoms with E-state index in [9.17, 15) is 4.79 Å². The molecule has 0 aliphatic carbocycles. The second-order valence-corrected chi connectivity index (χ2v) is 6.35. The molecule has 0 aliphatic heterocycles. The Kier molecular flexibility index (Phi) is 5.41. The molecule has 3 rings (SSSR count). The molecule has 0 amide bonds. The number of rotatable bonds is 7. The SMILES string of the molecule is CCCCc1ccc(N=Nc2c(CC(=O)O)nc3cc(C)ccn23)cc1. The molecule has 0 fully saturated rings. The lowest BCUT2D eigenvalue weighted by Gasteiger charge is -2.00. The van der Waals surface area contributed by atoms with Crippen molar-refractivity contribution in [3.63, 3.8) is 0 Å². The second kappa shape index (κ2) is 7.91. The molecule has 0 saturated heterocycles. The van der Waals surface area contributed by atoms with Crippen molar-refractivity contribution in [2.75, 3.05) is 0 Å². The third kappa shape index (κ3) is 4.14. The Morgan fingerprint density at radius 1 is 1.19 bits per heavy atom.